The molecular weight excluding hydrogens is 240 g/mol. The van der Waals surface area contributed by atoms with E-state index >= 15 is 0 Å². The van der Waals surface area contributed by atoms with Gasteiger partial charge in [0.2, 0.25) is 5.91 Å². The van der Waals surface area contributed by atoms with Gasteiger partial charge in [0, 0.05) is 23.9 Å². The first-order valence-corrected chi connectivity index (χ1v) is 7.12. The number of aromatic nitrogens is 1. The number of aryl methyl sites for hydroxylation is 2. The van der Waals surface area contributed by atoms with E-state index in [2.05, 4.69) is 12.1 Å². The van der Waals surface area contributed by atoms with Crippen LogP contribution >= 0.6 is 0 Å². The van der Waals surface area contributed by atoms with Crippen LogP contribution in [0, 0.1) is 12.3 Å². The van der Waals surface area contributed by atoms with Crippen molar-refractivity contribution in [3.8, 4) is 0 Å². The van der Waals surface area contributed by atoms with Gasteiger partial charge in [-0.25, -0.2) is 0 Å². The second kappa shape index (κ2) is 4.99. The van der Waals surface area contributed by atoms with Gasteiger partial charge in [0.1, 0.15) is 5.76 Å². The van der Waals surface area contributed by atoms with Crippen molar-refractivity contribution < 1.29 is 9.32 Å². The zero-order valence-electron chi connectivity index (χ0n) is 12.6. The molecule has 1 aliphatic heterocycles. The van der Waals surface area contributed by atoms with Gasteiger partial charge < -0.3 is 9.42 Å². The smallest absolute Gasteiger partial charge is 0.228 e. The summed E-state index contributed by atoms with van der Waals surface area (Å²) in [5.41, 5.74) is 1.73. The molecule has 0 aliphatic carbocycles. The van der Waals surface area contributed by atoms with E-state index in [1.165, 1.54) is 0 Å². The van der Waals surface area contributed by atoms with E-state index in [0.29, 0.717) is 0 Å². The number of amides is 1. The summed E-state index contributed by atoms with van der Waals surface area (Å²) in [5.74, 6) is 1.15. The Morgan fingerprint density at radius 3 is 2.74 bits per heavy atom. The lowest BCUT2D eigenvalue weighted by Gasteiger charge is -2.31. The Morgan fingerprint density at radius 2 is 2.16 bits per heavy atom. The predicted molar refractivity (Wildman–Crippen MR) is 73.8 cm³/mol. The van der Waals surface area contributed by atoms with E-state index in [1.807, 2.05) is 32.6 Å². The number of hydrogen-bond acceptors (Lipinski definition) is 3. The van der Waals surface area contributed by atoms with Crippen LogP contribution in [0.2, 0.25) is 0 Å². The van der Waals surface area contributed by atoms with E-state index < -0.39 is 0 Å². The van der Waals surface area contributed by atoms with E-state index in [-0.39, 0.29) is 17.4 Å². The highest BCUT2D eigenvalue weighted by atomic mass is 16.5. The van der Waals surface area contributed by atoms with Crippen LogP contribution in [0.25, 0.3) is 0 Å². The zero-order valence-corrected chi connectivity index (χ0v) is 12.6. The van der Waals surface area contributed by atoms with E-state index in [1.54, 1.807) is 0 Å². The second-order valence-electron chi connectivity index (χ2n) is 6.36. The fourth-order valence-corrected chi connectivity index (χ4v) is 2.85. The summed E-state index contributed by atoms with van der Waals surface area (Å²) in [6.45, 7) is 10.8. The monoisotopic (exact) mass is 264 g/mol. The number of nitrogens with zero attached hydrogens (tertiary/aromatic N) is 2. The molecule has 1 fully saturated rings. The van der Waals surface area contributed by atoms with Crippen LogP contribution in [0.4, 0.5) is 0 Å². The van der Waals surface area contributed by atoms with Gasteiger partial charge in [0.25, 0.3) is 0 Å². The maximum atomic E-state index is 12.6. The van der Waals surface area contributed by atoms with Crippen LogP contribution in [0.5, 0.6) is 0 Å². The van der Waals surface area contributed by atoms with Gasteiger partial charge in [-0.1, -0.05) is 32.9 Å². The van der Waals surface area contributed by atoms with Crippen molar-refractivity contribution in [2.75, 3.05) is 6.54 Å². The third kappa shape index (κ3) is 2.53. The van der Waals surface area contributed by atoms with E-state index in [9.17, 15) is 4.79 Å². The SMILES string of the molecule is CCc1onc(C)c1C1CCCN1C(=O)C(C)(C)C. The molecule has 1 saturated heterocycles. The van der Waals surface area contributed by atoms with Crippen molar-refractivity contribution in [1.29, 1.82) is 0 Å². The molecule has 1 aromatic heterocycles. The lowest BCUT2D eigenvalue weighted by molar-refractivity contribution is -0.140. The first kappa shape index (κ1) is 14.1. The highest BCUT2D eigenvalue weighted by Crippen LogP contribution is 2.38. The summed E-state index contributed by atoms with van der Waals surface area (Å²) in [6, 6.07) is 0.146. The Kier molecular flexibility index (Phi) is 3.70. The Bertz CT molecular complexity index is 471. The molecule has 2 heterocycles. The Hall–Kier alpha value is -1.32. The maximum absolute atomic E-state index is 12.6. The van der Waals surface area contributed by atoms with Crippen molar-refractivity contribution in [2.24, 2.45) is 5.41 Å². The van der Waals surface area contributed by atoms with Crippen molar-refractivity contribution in [3.05, 3.63) is 17.0 Å². The molecule has 1 aromatic rings. The van der Waals surface area contributed by atoms with Gasteiger partial charge in [-0.15, -0.1) is 0 Å². The van der Waals surface area contributed by atoms with Crippen molar-refractivity contribution in [2.45, 2.75) is 59.9 Å². The second-order valence-corrected chi connectivity index (χ2v) is 6.36. The molecule has 106 valence electrons. The Labute approximate surface area is 115 Å². The fourth-order valence-electron chi connectivity index (χ4n) is 2.85. The summed E-state index contributed by atoms with van der Waals surface area (Å²) in [6.07, 6.45) is 2.89. The number of likely N-dealkylation sites (tertiary alicyclic amines) is 1. The predicted octanol–water partition coefficient (Wildman–Crippen LogP) is 3.26. The number of carbonyl (C=O) groups excluding carboxylic acids is 1. The minimum Gasteiger partial charge on any atom is -0.361 e. The zero-order chi connectivity index (χ0) is 14.2. The van der Waals surface area contributed by atoms with Gasteiger partial charge >= 0.3 is 0 Å². The van der Waals surface area contributed by atoms with Crippen molar-refractivity contribution >= 4 is 5.91 Å². The fraction of sp³-hybridized carbons (Fsp3) is 0.733. The van der Waals surface area contributed by atoms with E-state index in [0.717, 1.165) is 42.8 Å². The highest BCUT2D eigenvalue weighted by molar-refractivity contribution is 5.82. The van der Waals surface area contributed by atoms with Crippen LogP contribution in [0.3, 0.4) is 0 Å². The Balaban J connectivity index is 2.33. The lowest BCUT2D eigenvalue weighted by atomic mass is 9.93. The molecule has 4 heteroatoms. The first-order chi connectivity index (χ1) is 8.86. The quantitative estimate of drug-likeness (QED) is 0.823. The van der Waals surface area contributed by atoms with E-state index in [4.69, 9.17) is 4.52 Å². The van der Waals surface area contributed by atoms with Crippen LogP contribution < -0.4 is 0 Å². The molecule has 1 unspecified atom stereocenters. The lowest BCUT2D eigenvalue weighted by Crippen LogP contribution is -2.39. The molecule has 0 N–H and O–H groups in total. The molecule has 1 atom stereocenters. The number of rotatable bonds is 2. The van der Waals surface area contributed by atoms with Crippen LogP contribution in [0.1, 0.15) is 63.6 Å². The Morgan fingerprint density at radius 1 is 1.47 bits per heavy atom. The topological polar surface area (TPSA) is 46.3 Å². The molecule has 4 nitrogen and oxygen atoms in total. The van der Waals surface area contributed by atoms with Crippen molar-refractivity contribution in [1.82, 2.24) is 10.1 Å². The molecular formula is C15H24N2O2. The molecule has 0 radical (unpaired) electrons. The molecule has 0 aromatic carbocycles. The minimum absolute atomic E-state index is 0.146. The average molecular weight is 264 g/mol. The molecule has 1 aliphatic rings. The van der Waals surface area contributed by atoms with Gasteiger partial charge in [0.05, 0.1) is 11.7 Å². The molecule has 0 spiro atoms. The maximum Gasteiger partial charge on any atom is 0.228 e. The molecule has 2 rings (SSSR count). The third-order valence-corrected chi connectivity index (χ3v) is 3.79. The molecule has 0 saturated carbocycles. The summed E-state index contributed by atoms with van der Waals surface area (Å²) >= 11 is 0. The third-order valence-electron chi connectivity index (χ3n) is 3.79. The molecule has 19 heavy (non-hydrogen) atoms. The summed E-state index contributed by atoms with van der Waals surface area (Å²) in [7, 11) is 0. The summed E-state index contributed by atoms with van der Waals surface area (Å²) in [4.78, 5) is 14.6. The van der Waals surface area contributed by atoms with Crippen LogP contribution in [0.15, 0.2) is 4.52 Å². The summed E-state index contributed by atoms with van der Waals surface area (Å²) in [5, 5.41) is 4.07. The minimum atomic E-state index is -0.333. The average Bonchev–Trinajstić information content (AvgIpc) is 2.92. The van der Waals surface area contributed by atoms with Crippen LogP contribution in [-0.2, 0) is 11.2 Å². The summed E-state index contributed by atoms with van der Waals surface area (Å²) < 4.78 is 5.38. The molecule has 1 amide bonds. The van der Waals surface area contributed by atoms with Gasteiger partial charge in [-0.2, -0.15) is 0 Å². The highest BCUT2D eigenvalue weighted by Gasteiger charge is 2.38. The number of carbonyl (C=O) groups is 1. The first-order valence-electron chi connectivity index (χ1n) is 7.12. The molecule has 0 bridgehead atoms. The standard InChI is InChI=1S/C15H24N2O2/c1-6-12-13(10(2)16-19-12)11-8-7-9-17(11)14(18)15(3,4)5/h11H,6-9H2,1-5H3. The van der Waals surface area contributed by atoms with Gasteiger partial charge in [-0.05, 0) is 19.8 Å². The normalized spacial score (nSPS) is 20.1. The van der Waals surface area contributed by atoms with Crippen molar-refractivity contribution in [3.63, 3.8) is 0 Å². The largest absolute Gasteiger partial charge is 0.361 e. The number of hydrogen-bond donors (Lipinski definition) is 0. The van der Waals surface area contributed by atoms with Gasteiger partial charge in [0.15, 0.2) is 0 Å². The van der Waals surface area contributed by atoms with Crippen LogP contribution in [-0.4, -0.2) is 22.5 Å². The van der Waals surface area contributed by atoms with Gasteiger partial charge in [-0.3, -0.25) is 4.79 Å².